The van der Waals surface area contributed by atoms with Gasteiger partial charge in [-0.2, -0.15) is 0 Å². The first-order valence-electron chi connectivity index (χ1n) is 5.01. The van der Waals surface area contributed by atoms with Gasteiger partial charge in [0.05, 0.1) is 0 Å². The molecule has 3 atom stereocenters. The standard InChI is InChI=1S/C10H18O/c11-7-8-4-5-9-2-1-3-10(9)6-8/h8-11H,1-7H2. The Morgan fingerprint density at radius 3 is 2.64 bits per heavy atom. The summed E-state index contributed by atoms with van der Waals surface area (Å²) in [6.07, 6.45) is 8.38. The zero-order valence-corrected chi connectivity index (χ0v) is 7.13. The van der Waals surface area contributed by atoms with E-state index >= 15 is 0 Å². The van der Waals surface area contributed by atoms with Gasteiger partial charge in [0, 0.05) is 6.61 Å². The number of aliphatic hydroxyl groups excluding tert-OH is 1. The van der Waals surface area contributed by atoms with Crippen LogP contribution in [0.1, 0.15) is 38.5 Å². The highest BCUT2D eigenvalue weighted by molar-refractivity contribution is 4.84. The van der Waals surface area contributed by atoms with E-state index < -0.39 is 0 Å². The van der Waals surface area contributed by atoms with Gasteiger partial charge in [-0.15, -0.1) is 0 Å². The van der Waals surface area contributed by atoms with Crippen LogP contribution in [0.25, 0.3) is 0 Å². The minimum absolute atomic E-state index is 0.434. The van der Waals surface area contributed by atoms with Crippen LogP contribution in [0.2, 0.25) is 0 Å². The largest absolute Gasteiger partial charge is 0.396 e. The van der Waals surface area contributed by atoms with Crippen molar-refractivity contribution in [1.29, 1.82) is 0 Å². The Hall–Kier alpha value is -0.0400. The SMILES string of the molecule is OCC1CCC2CCCC2C1. The first-order valence-corrected chi connectivity index (χ1v) is 5.01. The second kappa shape index (κ2) is 3.14. The average molecular weight is 154 g/mol. The van der Waals surface area contributed by atoms with Crippen molar-refractivity contribution in [1.82, 2.24) is 0 Å². The lowest BCUT2D eigenvalue weighted by atomic mass is 9.76. The molecule has 0 amide bonds. The number of hydrogen-bond acceptors (Lipinski definition) is 1. The van der Waals surface area contributed by atoms with Crippen LogP contribution >= 0.6 is 0 Å². The molecule has 0 aliphatic heterocycles. The molecule has 2 fully saturated rings. The highest BCUT2D eigenvalue weighted by Crippen LogP contribution is 2.43. The molecule has 1 heteroatoms. The van der Waals surface area contributed by atoms with Crippen LogP contribution in [0, 0.1) is 17.8 Å². The Kier molecular flexibility index (Phi) is 2.17. The summed E-state index contributed by atoms with van der Waals surface area (Å²) in [5, 5.41) is 9.01. The van der Waals surface area contributed by atoms with Crippen molar-refractivity contribution in [2.24, 2.45) is 17.8 Å². The van der Waals surface area contributed by atoms with E-state index in [-0.39, 0.29) is 0 Å². The second-order valence-corrected chi connectivity index (χ2v) is 4.31. The van der Waals surface area contributed by atoms with Crippen molar-refractivity contribution in [2.75, 3.05) is 6.61 Å². The fraction of sp³-hybridized carbons (Fsp3) is 1.00. The van der Waals surface area contributed by atoms with Crippen molar-refractivity contribution in [3.63, 3.8) is 0 Å². The van der Waals surface area contributed by atoms with Crippen LogP contribution in [0.4, 0.5) is 0 Å². The molecule has 1 N–H and O–H groups in total. The van der Waals surface area contributed by atoms with Gasteiger partial charge < -0.3 is 5.11 Å². The average Bonchev–Trinajstić information content (AvgIpc) is 2.50. The fourth-order valence-corrected chi connectivity index (χ4v) is 2.97. The molecule has 0 bridgehead atoms. The Labute approximate surface area is 68.8 Å². The van der Waals surface area contributed by atoms with Gasteiger partial charge in [-0.3, -0.25) is 0 Å². The number of fused-ring (bicyclic) bond motifs is 1. The third-order valence-corrected chi connectivity index (χ3v) is 3.66. The van der Waals surface area contributed by atoms with Gasteiger partial charge in [0.1, 0.15) is 0 Å². The van der Waals surface area contributed by atoms with E-state index in [1.165, 1.54) is 38.5 Å². The Bertz CT molecular complexity index is 133. The zero-order valence-electron chi connectivity index (χ0n) is 7.13. The molecule has 64 valence electrons. The highest BCUT2D eigenvalue weighted by Gasteiger charge is 2.33. The molecule has 2 saturated carbocycles. The summed E-state index contributed by atoms with van der Waals surface area (Å²) < 4.78 is 0. The van der Waals surface area contributed by atoms with Crippen LogP contribution < -0.4 is 0 Å². The lowest BCUT2D eigenvalue weighted by molar-refractivity contribution is 0.136. The number of rotatable bonds is 1. The number of hydrogen-bond donors (Lipinski definition) is 1. The van der Waals surface area contributed by atoms with Crippen molar-refractivity contribution in [3.05, 3.63) is 0 Å². The maximum absolute atomic E-state index is 9.01. The van der Waals surface area contributed by atoms with Crippen molar-refractivity contribution < 1.29 is 5.11 Å². The zero-order chi connectivity index (χ0) is 7.68. The molecular formula is C10H18O. The molecule has 0 aromatic carbocycles. The van der Waals surface area contributed by atoms with Crippen LogP contribution in [-0.2, 0) is 0 Å². The third kappa shape index (κ3) is 1.44. The first kappa shape index (κ1) is 7.60. The van der Waals surface area contributed by atoms with Crippen molar-refractivity contribution >= 4 is 0 Å². The minimum Gasteiger partial charge on any atom is -0.396 e. The predicted octanol–water partition coefficient (Wildman–Crippen LogP) is 2.20. The van der Waals surface area contributed by atoms with Crippen LogP contribution in [-0.4, -0.2) is 11.7 Å². The summed E-state index contributed by atoms with van der Waals surface area (Å²) in [6.45, 7) is 0.434. The van der Waals surface area contributed by atoms with E-state index in [1.807, 2.05) is 0 Å². The van der Waals surface area contributed by atoms with E-state index in [9.17, 15) is 0 Å². The van der Waals surface area contributed by atoms with Crippen molar-refractivity contribution in [3.8, 4) is 0 Å². The molecule has 0 spiro atoms. The monoisotopic (exact) mass is 154 g/mol. The van der Waals surface area contributed by atoms with Crippen LogP contribution in [0.15, 0.2) is 0 Å². The minimum atomic E-state index is 0.434. The molecule has 0 saturated heterocycles. The van der Waals surface area contributed by atoms with Gasteiger partial charge in [-0.25, -0.2) is 0 Å². The molecule has 3 unspecified atom stereocenters. The van der Waals surface area contributed by atoms with Gasteiger partial charge in [0.15, 0.2) is 0 Å². The molecule has 2 aliphatic carbocycles. The summed E-state index contributed by atoms with van der Waals surface area (Å²) >= 11 is 0. The highest BCUT2D eigenvalue weighted by atomic mass is 16.3. The molecule has 0 heterocycles. The normalized spacial score (nSPS) is 43.9. The van der Waals surface area contributed by atoms with Gasteiger partial charge in [0.25, 0.3) is 0 Å². The van der Waals surface area contributed by atoms with Gasteiger partial charge in [0.2, 0.25) is 0 Å². The van der Waals surface area contributed by atoms with Gasteiger partial charge in [-0.05, 0) is 37.0 Å². The molecular weight excluding hydrogens is 136 g/mol. The molecule has 1 nitrogen and oxygen atoms in total. The summed E-state index contributed by atoms with van der Waals surface area (Å²) in [5.41, 5.74) is 0. The maximum atomic E-state index is 9.01. The maximum Gasteiger partial charge on any atom is 0.0459 e. The topological polar surface area (TPSA) is 20.2 Å². The molecule has 11 heavy (non-hydrogen) atoms. The first-order chi connectivity index (χ1) is 5.40. The van der Waals surface area contributed by atoms with E-state index in [2.05, 4.69) is 0 Å². The Morgan fingerprint density at radius 2 is 1.82 bits per heavy atom. The quantitative estimate of drug-likeness (QED) is 0.614. The summed E-state index contributed by atoms with van der Waals surface area (Å²) in [4.78, 5) is 0. The van der Waals surface area contributed by atoms with E-state index in [1.54, 1.807) is 0 Å². The smallest absolute Gasteiger partial charge is 0.0459 e. The molecule has 0 aromatic rings. The van der Waals surface area contributed by atoms with E-state index in [0.717, 1.165) is 11.8 Å². The molecule has 0 radical (unpaired) electrons. The molecule has 2 aliphatic rings. The Balaban J connectivity index is 1.91. The van der Waals surface area contributed by atoms with E-state index in [0.29, 0.717) is 12.5 Å². The lowest BCUT2D eigenvalue weighted by Gasteiger charge is -2.30. The Morgan fingerprint density at radius 1 is 1.00 bits per heavy atom. The van der Waals surface area contributed by atoms with Gasteiger partial charge >= 0.3 is 0 Å². The van der Waals surface area contributed by atoms with Crippen molar-refractivity contribution in [2.45, 2.75) is 38.5 Å². The van der Waals surface area contributed by atoms with Gasteiger partial charge in [-0.1, -0.05) is 19.3 Å². The summed E-state index contributed by atoms with van der Waals surface area (Å²) in [7, 11) is 0. The summed E-state index contributed by atoms with van der Waals surface area (Å²) in [5.74, 6) is 2.67. The number of aliphatic hydroxyl groups is 1. The van der Waals surface area contributed by atoms with Crippen LogP contribution in [0.3, 0.4) is 0 Å². The third-order valence-electron chi connectivity index (χ3n) is 3.66. The molecule has 2 rings (SSSR count). The lowest BCUT2D eigenvalue weighted by Crippen LogP contribution is -2.22. The predicted molar refractivity (Wildman–Crippen MR) is 45.3 cm³/mol. The fourth-order valence-electron chi connectivity index (χ4n) is 2.97. The van der Waals surface area contributed by atoms with E-state index in [4.69, 9.17) is 5.11 Å². The van der Waals surface area contributed by atoms with Crippen LogP contribution in [0.5, 0.6) is 0 Å². The molecule has 0 aromatic heterocycles. The second-order valence-electron chi connectivity index (χ2n) is 4.31. The summed E-state index contributed by atoms with van der Waals surface area (Å²) in [6, 6.07) is 0.